The average molecular weight is 680 g/mol. The lowest BCUT2D eigenvalue weighted by atomic mass is 9.88. The van der Waals surface area contributed by atoms with Gasteiger partial charge in [-0.05, 0) is 62.7 Å². The molecular formula is C28H28ClF6N5O6. The van der Waals surface area contributed by atoms with Crippen LogP contribution in [0.1, 0.15) is 31.9 Å². The van der Waals surface area contributed by atoms with E-state index in [2.05, 4.69) is 20.5 Å². The lowest BCUT2D eigenvalue weighted by Crippen LogP contribution is -2.61. The molecule has 0 spiro atoms. The van der Waals surface area contributed by atoms with Crippen molar-refractivity contribution in [1.82, 2.24) is 25.0 Å². The quantitative estimate of drug-likeness (QED) is 0.220. The molecule has 18 heteroatoms. The van der Waals surface area contributed by atoms with Crippen LogP contribution in [0.5, 0.6) is 0 Å². The molecule has 2 unspecified atom stereocenters. The van der Waals surface area contributed by atoms with Gasteiger partial charge in [-0.3, -0.25) is 14.2 Å². The van der Waals surface area contributed by atoms with Gasteiger partial charge in [-0.25, -0.2) is 14.3 Å². The summed E-state index contributed by atoms with van der Waals surface area (Å²) >= 11 is 5.87. The number of nitrogens with zero attached hydrogens (tertiary/aromatic N) is 3. The van der Waals surface area contributed by atoms with E-state index in [4.69, 9.17) is 11.6 Å². The van der Waals surface area contributed by atoms with E-state index in [-0.39, 0.29) is 22.0 Å². The molecule has 2 aromatic carbocycles. The van der Waals surface area contributed by atoms with Crippen molar-refractivity contribution < 1.29 is 50.6 Å². The van der Waals surface area contributed by atoms with E-state index >= 15 is 0 Å². The van der Waals surface area contributed by atoms with Crippen molar-refractivity contribution in [2.45, 2.75) is 63.4 Å². The topological polar surface area (TPSA) is 145 Å². The highest BCUT2D eigenvalue weighted by Crippen LogP contribution is 2.33. The Hall–Kier alpha value is -4.38. The average Bonchev–Trinajstić information content (AvgIpc) is 3.25. The predicted octanol–water partition coefficient (Wildman–Crippen LogP) is 3.41. The Morgan fingerprint density at radius 2 is 1.57 bits per heavy atom. The first-order valence-corrected chi connectivity index (χ1v) is 13.6. The molecule has 46 heavy (non-hydrogen) atoms. The molecule has 0 aliphatic rings. The van der Waals surface area contributed by atoms with E-state index in [1.54, 1.807) is 0 Å². The first-order valence-electron chi connectivity index (χ1n) is 13.2. The van der Waals surface area contributed by atoms with Crippen LogP contribution in [0.4, 0.5) is 26.3 Å². The van der Waals surface area contributed by atoms with E-state index in [0.717, 1.165) is 32.2 Å². The van der Waals surface area contributed by atoms with Crippen molar-refractivity contribution in [2.75, 3.05) is 7.11 Å². The highest BCUT2D eigenvalue weighted by Gasteiger charge is 2.43. The fourth-order valence-corrected chi connectivity index (χ4v) is 4.36. The van der Waals surface area contributed by atoms with Gasteiger partial charge in [-0.15, -0.1) is 5.10 Å². The third-order valence-corrected chi connectivity index (χ3v) is 7.04. The Morgan fingerprint density at radius 3 is 2.11 bits per heavy atom. The maximum Gasteiger partial charge on any atom is 0.416 e. The maximum absolute atomic E-state index is 13.6. The van der Waals surface area contributed by atoms with Crippen LogP contribution < -0.4 is 16.3 Å². The highest BCUT2D eigenvalue weighted by atomic mass is 35.5. The third-order valence-electron chi connectivity index (χ3n) is 6.78. The summed E-state index contributed by atoms with van der Waals surface area (Å²) in [5, 5.41) is 18.4. The van der Waals surface area contributed by atoms with Gasteiger partial charge in [0.2, 0.25) is 5.91 Å². The summed E-state index contributed by atoms with van der Waals surface area (Å²) in [4.78, 5) is 52.3. The Labute approximate surface area is 262 Å². The molecule has 0 bridgehead atoms. The van der Waals surface area contributed by atoms with E-state index in [9.17, 15) is 50.6 Å². The number of rotatable bonds is 10. The monoisotopic (exact) mass is 679 g/mol. The number of amides is 2. The number of nitrogens with one attached hydrogen (secondary N) is 2. The first-order chi connectivity index (χ1) is 21.1. The number of benzene rings is 2. The number of aliphatic hydroxyl groups is 1. The molecule has 2 amide bonds. The van der Waals surface area contributed by atoms with Crippen LogP contribution in [0.2, 0.25) is 5.02 Å². The van der Waals surface area contributed by atoms with Gasteiger partial charge in [-0.2, -0.15) is 26.3 Å². The standard InChI is InChI=1S/C28H28ClF6N5O6/c1-25(2,23(44)46-4)37-22(43)26(3,16-6-5-7-17(12-16)27(30,31)32)36-20(42)14-40-24(45)39(13-19(41)28(33,34)35)21(38-40)15-8-10-18(29)11-9-15/h5-12,19,41H,13-14H2,1-4H3,(H,36,42)(H,37,43). The summed E-state index contributed by atoms with van der Waals surface area (Å²) in [6.07, 6.45) is -13.0. The molecule has 0 radical (unpaired) electrons. The lowest BCUT2D eigenvalue weighted by Gasteiger charge is -2.34. The summed E-state index contributed by atoms with van der Waals surface area (Å²) in [6, 6.07) is 8.77. The largest absolute Gasteiger partial charge is 0.467 e. The predicted molar refractivity (Wildman–Crippen MR) is 150 cm³/mol. The number of carbonyl (C=O) groups excluding carboxylic acids is 3. The SMILES string of the molecule is COC(=O)C(C)(C)NC(=O)C(C)(NC(=O)Cn1nc(-c2ccc(Cl)cc2)n(CC(O)C(F)(F)F)c1=O)c1cccc(C(F)(F)F)c1. The number of alkyl halides is 6. The van der Waals surface area contributed by atoms with Crippen LogP contribution in [0.15, 0.2) is 53.3 Å². The summed E-state index contributed by atoms with van der Waals surface area (Å²) in [5.74, 6) is -3.64. The minimum Gasteiger partial charge on any atom is -0.467 e. The van der Waals surface area contributed by atoms with Crippen molar-refractivity contribution in [2.24, 2.45) is 0 Å². The summed E-state index contributed by atoms with van der Waals surface area (Å²) in [5.41, 5.74) is -6.75. The molecule has 1 aromatic heterocycles. The molecule has 3 N–H and O–H groups in total. The van der Waals surface area contributed by atoms with E-state index < -0.39 is 71.7 Å². The number of hydrogen-bond donors (Lipinski definition) is 3. The number of aliphatic hydroxyl groups excluding tert-OH is 1. The zero-order valence-corrected chi connectivity index (χ0v) is 25.3. The summed E-state index contributed by atoms with van der Waals surface area (Å²) < 4.78 is 85.7. The molecule has 11 nitrogen and oxygen atoms in total. The zero-order chi connectivity index (χ0) is 34.8. The molecule has 3 aromatic rings. The minimum atomic E-state index is -5.12. The van der Waals surface area contributed by atoms with Crippen molar-refractivity contribution in [1.29, 1.82) is 0 Å². The van der Waals surface area contributed by atoms with Crippen molar-refractivity contribution in [3.05, 3.63) is 75.2 Å². The number of halogens is 7. The summed E-state index contributed by atoms with van der Waals surface area (Å²) in [6.45, 7) is 1.20. The molecule has 0 aliphatic carbocycles. The van der Waals surface area contributed by atoms with E-state index in [1.807, 2.05) is 0 Å². The molecule has 0 fully saturated rings. The van der Waals surface area contributed by atoms with Gasteiger partial charge in [0.1, 0.15) is 17.6 Å². The molecule has 2 atom stereocenters. The van der Waals surface area contributed by atoms with Crippen molar-refractivity contribution in [3.63, 3.8) is 0 Å². The summed E-state index contributed by atoms with van der Waals surface area (Å²) in [7, 11) is 1.03. The number of aromatic nitrogens is 3. The molecule has 0 saturated heterocycles. The van der Waals surface area contributed by atoms with Crippen LogP contribution in [-0.4, -0.2) is 62.2 Å². The molecule has 0 saturated carbocycles. The number of ether oxygens (including phenoxy) is 1. The Balaban J connectivity index is 2.06. The molecule has 250 valence electrons. The highest BCUT2D eigenvalue weighted by molar-refractivity contribution is 6.30. The fourth-order valence-electron chi connectivity index (χ4n) is 4.23. The van der Waals surface area contributed by atoms with Crippen LogP contribution in [0.3, 0.4) is 0 Å². The molecular weight excluding hydrogens is 652 g/mol. The van der Waals surface area contributed by atoms with Crippen molar-refractivity contribution >= 4 is 29.4 Å². The fraction of sp³-hybridized carbons (Fsp3) is 0.393. The second kappa shape index (κ2) is 13.2. The van der Waals surface area contributed by atoms with Gasteiger partial charge < -0.3 is 20.5 Å². The van der Waals surface area contributed by atoms with Crippen LogP contribution in [0.25, 0.3) is 11.4 Å². The third kappa shape index (κ3) is 8.06. The lowest BCUT2D eigenvalue weighted by molar-refractivity contribution is -0.207. The van der Waals surface area contributed by atoms with E-state index in [0.29, 0.717) is 15.3 Å². The van der Waals surface area contributed by atoms with Crippen LogP contribution in [-0.2, 0) is 43.9 Å². The Morgan fingerprint density at radius 1 is 0.978 bits per heavy atom. The van der Waals surface area contributed by atoms with Gasteiger partial charge in [0.05, 0.1) is 19.2 Å². The number of hydrogen-bond acceptors (Lipinski definition) is 7. The van der Waals surface area contributed by atoms with Crippen LogP contribution in [0, 0.1) is 0 Å². The minimum absolute atomic E-state index is 0.0910. The van der Waals surface area contributed by atoms with Gasteiger partial charge in [-0.1, -0.05) is 23.7 Å². The van der Waals surface area contributed by atoms with Gasteiger partial charge >= 0.3 is 24.0 Å². The first kappa shape index (κ1) is 36.1. The molecule has 3 rings (SSSR count). The second-order valence-corrected chi connectivity index (χ2v) is 11.2. The van der Waals surface area contributed by atoms with Gasteiger partial charge in [0, 0.05) is 10.6 Å². The second-order valence-electron chi connectivity index (χ2n) is 10.8. The smallest absolute Gasteiger partial charge is 0.416 e. The number of esters is 1. The molecule has 1 heterocycles. The Kier molecular flexibility index (Phi) is 10.3. The normalized spacial score (nSPS) is 14.3. The Bertz CT molecular complexity index is 1670. The van der Waals surface area contributed by atoms with Gasteiger partial charge in [0.15, 0.2) is 11.9 Å². The number of methoxy groups -OCH3 is 1. The van der Waals surface area contributed by atoms with Crippen molar-refractivity contribution in [3.8, 4) is 11.4 Å². The van der Waals surface area contributed by atoms with Gasteiger partial charge in [0.25, 0.3) is 5.91 Å². The van der Waals surface area contributed by atoms with E-state index in [1.165, 1.54) is 38.1 Å². The molecule has 0 aliphatic heterocycles. The van der Waals surface area contributed by atoms with Crippen LogP contribution >= 0.6 is 11.6 Å². The number of carbonyl (C=O) groups is 3. The maximum atomic E-state index is 13.6. The zero-order valence-electron chi connectivity index (χ0n) is 24.6.